The van der Waals surface area contributed by atoms with Gasteiger partial charge in [0.1, 0.15) is 5.78 Å². The molecule has 0 heterocycles. The van der Waals surface area contributed by atoms with Gasteiger partial charge in [0.2, 0.25) is 5.91 Å². The molecular formula is C29H59N3O2. The van der Waals surface area contributed by atoms with Crippen molar-refractivity contribution in [1.82, 2.24) is 15.1 Å². The molecule has 0 aliphatic rings. The van der Waals surface area contributed by atoms with Crippen LogP contribution in [0.5, 0.6) is 0 Å². The Hall–Kier alpha value is -0.940. The minimum atomic E-state index is 0.173. The van der Waals surface area contributed by atoms with Crippen molar-refractivity contribution >= 4 is 11.7 Å². The first-order valence-corrected chi connectivity index (χ1v) is 14.2. The van der Waals surface area contributed by atoms with E-state index in [2.05, 4.69) is 70.5 Å². The van der Waals surface area contributed by atoms with Gasteiger partial charge in [0, 0.05) is 65.1 Å². The summed E-state index contributed by atoms with van der Waals surface area (Å²) in [4.78, 5) is 29.3. The fraction of sp³-hybridized carbons (Fsp3) is 0.931. The third kappa shape index (κ3) is 21.6. The van der Waals surface area contributed by atoms with Gasteiger partial charge < -0.3 is 15.1 Å². The Morgan fingerprint density at radius 1 is 0.559 bits per heavy atom. The zero-order chi connectivity index (χ0) is 25.9. The number of carbonyl (C=O) groups excluding carboxylic acids is 2. The number of rotatable bonds is 22. The number of hydrogen-bond donors (Lipinski definition) is 1. The molecule has 0 aromatic carbocycles. The molecule has 0 bridgehead atoms. The second-order valence-electron chi connectivity index (χ2n) is 12.0. The molecule has 0 atom stereocenters. The van der Waals surface area contributed by atoms with E-state index < -0.39 is 0 Å². The lowest BCUT2D eigenvalue weighted by atomic mass is 10.1. The molecule has 0 fully saturated rings. The second kappa shape index (κ2) is 20.3. The average molecular weight is 482 g/mol. The van der Waals surface area contributed by atoms with Crippen LogP contribution < -0.4 is 5.32 Å². The van der Waals surface area contributed by atoms with E-state index in [1.165, 1.54) is 0 Å². The Morgan fingerprint density at radius 2 is 0.971 bits per heavy atom. The molecule has 0 aliphatic heterocycles. The van der Waals surface area contributed by atoms with E-state index in [4.69, 9.17) is 0 Å². The molecule has 0 aliphatic carbocycles. The SMILES string of the molecule is CC(C)CN(CCC(=O)CCCCCCCNC(=O)CCN(CC(C)C)CC(C)C)CC(C)C. The van der Waals surface area contributed by atoms with Gasteiger partial charge in [-0.2, -0.15) is 0 Å². The first-order chi connectivity index (χ1) is 16.0. The van der Waals surface area contributed by atoms with Crippen molar-refractivity contribution in [1.29, 1.82) is 0 Å². The molecule has 0 unspecified atom stereocenters. The van der Waals surface area contributed by atoms with Crippen LogP contribution in [0.1, 0.15) is 107 Å². The van der Waals surface area contributed by atoms with E-state index in [1.807, 2.05) is 0 Å². The zero-order valence-corrected chi connectivity index (χ0v) is 24.1. The summed E-state index contributed by atoms with van der Waals surface area (Å²) in [5, 5.41) is 3.08. The van der Waals surface area contributed by atoms with Crippen LogP contribution in [0, 0.1) is 23.7 Å². The number of unbranched alkanes of at least 4 members (excludes halogenated alkanes) is 4. The number of amides is 1. The highest BCUT2D eigenvalue weighted by Gasteiger charge is 2.13. The minimum Gasteiger partial charge on any atom is -0.356 e. The molecule has 5 nitrogen and oxygen atoms in total. The maximum absolute atomic E-state index is 12.3. The van der Waals surface area contributed by atoms with Crippen molar-refractivity contribution in [3.8, 4) is 0 Å². The maximum Gasteiger partial charge on any atom is 0.221 e. The van der Waals surface area contributed by atoms with Crippen LogP contribution in [-0.4, -0.2) is 67.3 Å². The number of carbonyl (C=O) groups is 2. The van der Waals surface area contributed by atoms with Gasteiger partial charge in [-0.3, -0.25) is 9.59 Å². The van der Waals surface area contributed by atoms with Crippen LogP contribution in [0.3, 0.4) is 0 Å². The maximum atomic E-state index is 12.3. The first-order valence-electron chi connectivity index (χ1n) is 14.2. The second-order valence-corrected chi connectivity index (χ2v) is 12.0. The van der Waals surface area contributed by atoms with Crippen molar-refractivity contribution in [2.24, 2.45) is 23.7 Å². The fourth-order valence-electron chi connectivity index (χ4n) is 4.54. The van der Waals surface area contributed by atoms with E-state index in [9.17, 15) is 9.59 Å². The molecule has 0 saturated carbocycles. The summed E-state index contributed by atoms with van der Waals surface area (Å²) in [6.45, 7) is 24.7. The minimum absolute atomic E-state index is 0.173. The molecular weight excluding hydrogens is 422 g/mol. The number of nitrogens with zero attached hydrogens (tertiary/aromatic N) is 2. The predicted octanol–water partition coefficient (Wildman–Crippen LogP) is 6.02. The normalized spacial score (nSPS) is 12.2. The summed E-state index contributed by atoms with van der Waals surface area (Å²) in [5.41, 5.74) is 0. The molecule has 0 radical (unpaired) electrons. The van der Waals surface area contributed by atoms with Crippen LogP contribution in [-0.2, 0) is 9.59 Å². The summed E-state index contributed by atoms with van der Waals surface area (Å²) in [5.74, 6) is 3.12. The Balaban J connectivity index is 3.81. The third-order valence-electron chi connectivity index (χ3n) is 5.81. The Bertz CT molecular complexity index is 452. The van der Waals surface area contributed by atoms with Gasteiger partial charge in [-0.25, -0.2) is 0 Å². The van der Waals surface area contributed by atoms with E-state index in [1.54, 1.807) is 0 Å². The summed E-state index contributed by atoms with van der Waals surface area (Å²) in [7, 11) is 0. The topological polar surface area (TPSA) is 52.7 Å². The fourth-order valence-corrected chi connectivity index (χ4v) is 4.54. The predicted molar refractivity (Wildman–Crippen MR) is 147 cm³/mol. The summed E-state index contributed by atoms with van der Waals surface area (Å²) in [6.07, 6.45) is 7.41. The molecule has 0 spiro atoms. The van der Waals surface area contributed by atoms with Gasteiger partial charge >= 0.3 is 0 Å². The van der Waals surface area contributed by atoms with Gasteiger partial charge in [0.05, 0.1) is 0 Å². The summed E-state index contributed by atoms with van der Waals surface area (Å²) < 4.78 is 0. The quantitative estimate of drug-likeness (QED) is 0.192. The zero-order valence-electron chi connectivity index (χ0n) is 24.1. The van der Waals surface area contributed by atoms with Gasteiger partial charge in [0.15, 0.2) is 0 Å². The molecule has 1 N–H and O–H groups in total. The van der Waals surface area contributed by atoms with Crippen LogP contribution in [0.4, 0.5) is 0 Å². The van der Waals surface area contributed by atoms with Gasteiger partial charge in [-0.1, -0.05) is 74.7 Å². The molecule has 1 amide bonds. The molecule has 0 saturated heterocycles. The van der Waals surface area contributed by atoms with E-state index in [0.29, 0.717) is 42.3 Å². The van der Waals surface area contributed by atoms with Crippen LogP contribution >= 0.6 is 0 Å². The number of nitrogens with one attached hydrogen (secondary N) is 1. The van der Waals surface area contributed by atoms with Crippen molar-refractivity contribution in [3.05, 3.63) is 0 Å². The van der Waals surface area contributed by atoms with Crippen molar-refractivity contribution < 1.29 is 9.59 Å². The number of ketones is 1. The largest absolute Gasteiger partial charge is 0.356 e. The number of hydrogen-bond acceptors (Lipinski definition) is 4. The van der Waals surface area contributed by atoms with Gasteiger partial charge in [0.25, 0.3) is 0 Å². The highest BCUT2D eigenvalue weighted by atomic mass is 16.1. The van der Waals surface area contributed by atoms with Crippen LogP contribution in [0.15, 0.2) is 0 Å². The van der Waals surface area contributed by atoms with Crippen molar-refractivity contribution in [2.45, 2.75) is 107 Å². The Kier molecular flexibility index (Phi) is 19.7. The standard InChI is InChI=1S/C29H59N3O2/c1-24(2)20-31(21-25(3)4)18-15-28(33)14-12-10-9-11-13-17-30-29(34)16-19-32(22-26(5)6)23-27(7)8/h24-27H,9-23H2,1-8H3,(H,30,34). The van der Waals surface area contributed by atoms with Crippen LogP contribution in [0.2, 0.25) is 0 Å². The smallest absolute Gasteiger partial charge is 0.221 e. The van der Waals surface area contributed by atoms with Gasteiger partial charge in [-0.05, 0) is 36.5 Å². The molecule has 202 valence electrons. The molecule has 34 heavy (non-hydrogen) atoms. The first kappa shape index (κ1) is 33.1. The Labute approximate surface area is 212 Å². The lowest BCUT2D eigenvalue weighted by Crippen LogP contribution is -2.35. The molecule has 5 heteroatoms. The molecule has 0 rings (SSSR count). The third-order valence-corrected chi connectivity index (χ3v) is 5.81. The van der Waals surface area contributed by atoms with Gasteiger partial charge in [-0.15, -0.1) is 0 Å². The summed E-state index contributed by atoms with van der Waals surface area (Å²) >= 11 is 0. The number of Topliss-reactive ketones (excluding diaryl/α,β-unsaturated/α-hetero) is 1. The van der Waals surface area contributed by atoms with E-state index in [0.717, 1.165) is 84.3 Å². The lowest BCUT2D eigenvalue weighted by Gasteiger charge is -2.25. The lowest BCUT2D eigenvalue weighted by molar-refractivity contribution is -0.121. The van der Waals surface area contributed by atoms with E-state index >= 15 is 0 Å². The van der Waals surface area contributed by atoms with E-state index in [-0.39, 0.29) is 5.91 Å². The Morgan fingerprint density at radius 3 is 1.44 bits per heavy atom. The van der Waals surface area contributed by atoms with Crippen molar-refractivity contribution in [2.75, 3.05) is 45.8 Å². The summed E-state index contributed by atoms with van der Waals surface area (Å²) in [6, 6.07) is 0. The average Bonchev–Trinajstić information content (AvgIpc) is 2.70. The monoisotopic (exact) mass is 481 g/mol. The highest BCUT2D eigenvalue weighted by molar-refractivity contribution is 5.78. The van der Waals surface area contributed by atoms with Crippen LogP contribution in [0.25, 0.3) is 0 Å². The molecule has 0 aromatic heterocycles. The highest BCUT2D eigenvalue weighted by Crippen LogP contribution is 2.09. The molecule has 0 aromatic rings. The van der Waals surface area contributed by atoms with Crippen molar-refractivity contribution in [3.63, 3.8) is 0 Å².